The lowest BCUT2D eigenvalue weighted by Gasteiger charge is -2.04. The highest BCUT2D eigenvalue weighted by molar-refractivity contribution is 7.99. The zero-order chi connectivity index (χ0) is 9.26. The fraction of sp³-hybridized carbons (Fsp3) is 0.600. The first-order valence-electron chi connectivity index (χ1n) is 4.80. The number of thioether (sulfide) groups is 1. The van der Waals surface area contributed by atoms with E-state index in [9.17, 15) is 0 Å². The second-order valence-corrected chi connectivity index (χ2v) is 4.53. The van der Waals surface area contributed by atoms with Gasteiger partial charge in [-0.15, -0.1) is 0 Å². The lowest BCUT2D eigenvalue weighted by molar-refractivity contribution is 0.869. The van der Waals surface area contributed by atoms with Gasteiger partial charge in [0.25, 0.3) is 0 Å². The fourth-order valence-corrected chi connectivity index (χ4v) is 2.42. The van der Waals surface area contributed by atoms with E-state index in [-0.39, 0.29) is 0 Å². The molecule has 1 aliphatic rings. The molecule has 1 heterocycles. The van der Waals surface area contributed by atoms with Crippen LogP contribution in [0.5, 0.6) is 0 Å². The SMILES string of the molecule is CCSc1nc(C)c2c(n1)CCC2. The minimum absolute atomic E-state index is 0.959. The second kappa shape index (κ2) is 3.66. The molecule has 0 fully saturated rings. The Morgan fingerprint density at radius 3 is 2.92 bits per heavy atom. The van der Waals surface area contributed by atoms with E-state index in [1.54, 1.807) is 11.8 Å². The van der Waals surface area contributed by atoms with Crippen molar-refractivity contribution in [2.75, 3.05) is 5.75 Å². The van der Waals surface area contributed by atoms with Gasteiger partial charge in [-0.1, -0.05) is 18.7 Å². The molecule has 0 saturated heterocycles. The van der Waals surface area contributed by atoms with E-state index >= 15 is 0 Å². The van der Waals surface area contributed by atoms with E-state index in [2.05, 4.69) is 23.8 Å². The van der Waals surface area contributed by atoms with E-state index in [4.69, 9.17) is 0 Å². The summed E-state index contributed by atoms with van der Waals surface area (Å²) in [6, 6.07) is 0. The van der Waals surface area contributed by atoms with E-state index in [0.717, 1.165) is 17.3 Å². The molecule has 2 nitrogen and oxygen atoms in total. The summed E-state index contributed by atoms with van der Waals surface area (Å²) in [6.45, 7) is 4.24. The molecule has 0 aliphatic heterocycles. The van der Waals surface area contributed by atoms with Crippen molar-refractivity contribution in [3.05, 3.63) is 17.0 Å². The number of aryl methyl sites for hydroxylation is 2. The molecule has 0 unspecified atom stereocenters. The average molecular weight is 194 g/mol. The minimum atomic E-state index is 0.959. The van der Waals surface area contributed by atoms with Crippen molar-refractivity contribution in [3.63, 3.8) is 0 Å². The lowest BCUT2D eigenvalue weighted by Crippen LogP contribution is -1.98. The molecule has 0 aromatic carbocycles. The van der Waals surface area contributed by atoms with E-state index in [0.29, 0.717) is 0 Å². The highest BCUT2D eigenvalue weighted by Crippen LogP contribution is 2.24. The van der Waals surface area contributed by atoms with Crippen LogP contribution in [0, 0.1) is 6.92 Å². The van der Waals surface area contributed by atoms with Crippen LogP contribution < -0.4 is 0 Å². The van der Waals surface area contributed by atoms with Crippen LogP contribution in [0.3, 0.4) is 0 Å². The molecule has 1 aromatic heterocycles. The van der Waals surface area contributed by atoms with Crippen LogP contribution in [0.2, 0.25) is 0 Å². The summed E-state index contributed by atoms with van der Waals surface area (Å²) < 4.78 is 0. The third kappa shape index (κ3) is 1.70. The maximum atomic E-state index is 4.56. The Hall–Kier alpha value is -0.570. The van der Waals surface area contributed by atoms with Gasteiger partial charge in [-0.05, 0) is 37.5 Å². The van der Waals surface area contributed by atoms with Gasteiger partial charge in [0.15, 0.2) is 5.16 Å². The first kappa shape index (κ1) is 9.00. The normalized spacial score (nSPS) is 14.6. The first-order valence-corrected chi connectivity index (χ1v) is 5.79. The topological polar surface area (TPSA) is 25.8 Å². The van der Waals surface area contributed by atoms with Gasteiger partial charge in [0, 0.05) is 11.4 Å². The Kier molecular flexibility index (Phi) is 2.54. The number of hydrogen-bond acceptors (Lipinski definition) is 3. The number of hydrogen-bond donors (Lipinski definition) is 0. The molecule has 0 N–H and O–H groups in total. The summed E-state index contributed by atoms with van der Waals surface area (Å²) in [6.07, 6.45) is 3.58. The maximum absolute atomic E-state index is 4.56. The summed E-state index contributed by atoms with van der Waals surface area (Å²) in [4.78, 5) is 9.04. The maximum Gasteiger partial charge on any atom is 0.187 e. The molecule has 0 spiro atoms. The molecule has 2 rings (SSSR count). The Morgan fingerprint density at radius 2 is 2.15 bits per heavy atom. The highest BCUT2D eigenvalue weighted by atomic mass is 32.2. The third-order valence-electron chi connectivity index (χ3n) is 2.39. The number of nitrogens with zero attached hydrogens (tertiary/aromatic N) is 2. The second-order valence-electron chi connectivity index (χ2n) is 3.30. The van der Waals surface area contributed by atoms with E-state index in [1.807, 2.05) is 0 Å². The Bertz CT molecular complexity index is 323. The Balaban J connectivity index is 2.37. The Morgan fingerprint density at radius 1 is 1.31 bits per heavy atom. The summed E-state index contributed by atoms with van der Waals surface area (Å²) in [5, 5.41) is 0.959. The lowest BCUT2D eigenvalue weighted by atomic mass is 10.2. The van der Waals surface area contributed by atoms with Gasteiger partial charge in [-0.2, -0.15) is 0 Å². The van der Waals surface area contributed by atoms with Crippen LogP contribution in [0.25, 0.3) is 0 Å². The highest BCUT2D eigenvalue weighted by Gasteiger charge is 2.16. The molecule has 13 heavy (non-hydrogen) atoms. The van der Waals surface area contributed by atoms with Crippen molar-refractivity contribution < 1.29 is 0 Å². The van der Waals surface area contributed by atoms with Gasteiger partial charge >= 0.3 is 0 Å². The zero-order valence-corrected chi connectivity index (χ0v) is 8.95. The van der Waals surface area contributed by atoms with E-state index in [1.165, 1.54) is 29.8 Å². The smallest absolute Gasteiger partial charge is 0.187 e. The number of aromatic nitrogens is 2. The quantitative estimate of drug-likeness (QED) is 0.534. The van der Waals surface area contributed by atoms with Crippen LogP contribution in [0.4, 0.5) is 0 Å². The van der Waals surface area contributed by atoms with Crippen molar-refractivity contribution in [3.8, 4) is 0 Å². The van der Waals surface area contributed by atoms with Gasteiger partial charge in [-0.25, -0.2) is 9.97 Å². The number of fused-ring (bicyclic) bond motifs is 1. The molecular weight excluding hydrogens is 180 g/mol. The predicted octanol–water partition coefficient (Wildman–Crippen LogP) is 2.39. The molecule has 0 amide bonds. The van der Waals surface area contributed by atoms with Crippen molar-refractivity contribution in [1.82, 2.24) is 9.97 Å². The van der Waals surface area contributed by atoms with Gasteiger partial charge in [0.2, 0.25) is 0 Å². The van der Waals surface area contributed by atoms with Gasteiger partial charge < -0.3 is 0 Å². The van der Waals surface area contributed by atoms with Gasteiger partial charge in [0.05, 0.1) is 0 Å². The summed E-state index contributed by atoms with van der Waals surface area (Å²) in [5.74, 6) is 1.05. The fourth-order valence-electron chi connectivity index (χ4n) is 1.79. The molecule has 0 saturated carbocycles. The predicted molar refractivity (Wildman–Crippen MR) is 55.2 cm³/mol. The monoisotopic (exact) mass is 194 g/mol. The first-order chi connectivity index (χ1) is 6.31. The van der Waals surface area contributed by atoms with Crippen LogP contribution >= 0.6 is 11.8 Å². The van der Waals surface area contributed by atoms with Crippen LogP contribution in [-0.2, 0) is 12.8 Å². The molecule has 0 radical (unpaired) electrons. The van der Waals surface area contributed by atoms with Crippen molar-refractivity contribution in [2.45, 2.75) is 38.3 Å². The minimum Gasteiger partial charge on any atom is -0.228 e. The van der Waals surface area contributed by atoms with E-state index < -0.39 is 0 Å². The summed E-state index contributed by atoms with van der Waals surface area (Å²) >= 11 is 1.73. The Labute approximate surface area is 83.2 Å². The molecule has 70 valence electrons. The molecule has 1 aliphatic carbocycles. The van der Waals surface area contributed by atoms with Crippen LogP contribution in [-0.4, -0.2) is 15.7 Å². The van der Waals surface area contributed by atoms with Crippen LogP contribution in [0.1, 0.15) is 30.3 Å². The molecular formula is C10H14N2S. The zero-order valence-electron chi connectivity index (χ0n) is 8.13. The molecule has 3 heteroatoms. The molecule has 1 aromatic rings. The van der Waals surface area contributed by atoms with Gasteiger partial charge in [-0.3, -0.25) is 0 Å². The standard InChI is InChI=1S/C10H14N2S/c1-3-13-10-11-7(2)8-5-4-6-9(8)12-10/h3-6H2,1-2H3. The third-order valence-corrected chi connectivity index (χ3v) is 3.12. The van der Waals surface area contributed by atoms with Crippen LogP contribution in [0.15, 0.2) is 5.16 Å². The number of rotatable bonds is 2. The van der Waals surface area contributed by atoms with Crippen molar-refractivity contribution in [1.29, 1.82) is 0 Å². The largest absolute Gasteiger partial charge is 0.228 e. The summed E-state index contributed by atoms with van der Waals surface area (Å²) in [5.41, 5.74) is 3.89. The summed E-state index contributed by atoms with van der Waals surface area (Å²) in [7, 11) is 0. The average Bonchev–Trinajstić information content (AvgIpc) is 2.53. The molecule has 0 bridgehead atoms. The van der Waals surface area contributed by atoms with Gasteiger partial charge in [0.1, 0.15) is 0 Å². The van der Waals surface area contributed by atoms with Crippen molar-refractivity contribution in [2.24, 2.45) is 0 Å². The molecule has 0 atom stereocenters. The van der Waals surface area contributed by atoms with Crippen molar-refractivity contribution >= 4 is 11.8 Å².